The molecule has 28 heavy (non-hydrogen) atoms. The summed E-state index contributed by atoms with van der Waals surface area (Å²) in [4.78, 5) is 18.7. The summed E-state index contributed by atoms with van der Waals surface area (Å²) in [6, 6.07) is 8.42. The van der Waals surface area contributed by atoms with E-state index in [1.165, 1.54) is 12.1 Å². The fraction of sp³-hybridized carbons (Fsp3) is 0.381. The Labute approximate surface area is 162 Å². The Morgan fingerprint density at radius 1 is 1.18 bits per heavy atom. The molecule has 3 aromatic rings. The molecule has 146 valence electrons. The molecule has 2 aromatic heterocycles. The average Bonchev–Trinajstić information content (AvgIpc) is 3.13. The van der Waals surface area contributed by atoms with Crippen molar-refractivity contribution in [3.63, 3.8) is 0 Å². The Balaban J connectivity index is 1.39. The maximum atomic E-state index is 13.1. The lowest BCUT2D eigenvalue weighted by Gasteiger charge is -2.41. The number of hydrogen-bond donors (Lipinski definition) is 0. The topological polar surface area (TPSA) is 60.2 Å². The molecule has 0 N–H and O–H groups in total. The Morgan fingerprint density at radius 3 is 2.64 bits per heavy atom. The summed E-state index contributed by atoms with van der Waals surface area (Å²) >= 11 is 0. The van der Waals surface area contributed by atoms with Crippen LogP contribution in [0.4, 0.5) is 4.39 Å². The number of hydrogen-bond acceptors (Lipinski definition) is 4. The highest BCUT2D eigenvalue weighted by molar-refractivity contribution is 5.81. The number of methoxy groups -OCH3 is 1. The van der Waals surface area contributed by atoms with Crippen LogP contribution in [0.1, 0.15) is 18.4 Å². The van der Waals surface area contributed by atoms with Gasteiger partial charge in [0.2, 0.25) is 5.91 Å². The third-order valence-corrected chi connectivity index (χ3v) is 5.63. The second-order valence-electron chi connectivity index (χ2n) is 7.31. The van der Waals surface area contributed by atoms with Crippen LogP contribution in [-0.4, -0.2) is 51.4 Å². The first-order valence-electron chi connectivity index (χ1n) is 9.41. The van der Waals surface area contributed by atoms with Gasteiger partial charge in [0.15, 0.2) is 0 Å². The standard InChI is InChI=1S/C21H23FN4O2/c1-28-21(12-16-2-4-18(22)5-3-16)7-10-25(11-8-21)20(27)15-26-19-14-23-9-6-17(19)13-24-26/h2-6,9,13-14H,7-8,10-12,15H2,1H3. The van der Waals surface area contributed by atoms with Crippen LogP contribution in [0.3, 0.4) is 0 Å². The molecule has 1 amide bonds. The van der Waals surface area contributed by atoms with E-state index in [1.54, 1.807) is 42.5 Å². The van der Waals surface area contributed by atoms with Gasteiger partial charge in [-0.25, -0.2) is 4.39 Å². The number of pyridine rings is 1. The number of likely N-dealkylation sites (tertiary alicyclic amines) is 1. The molecule has 0 bridgehead atoms. The Hall–Kier alpha value is -2.80. The number of ether oxygens (including phenoxy) is 1. The molecule has 0 radical (unpaired) electrons. The molecule has 1 saturated heterocycles. The molecule has 1 aromatic carbocycles. The van der Waals surface area contributed by atoms with Crippen LogP contribution in [0.2, 0.25) is 0 Å². The lowest BCUT2D eigenvalue weighted by atomic mass is 9.85. The molecule has 1 fully saturated rings. The second-order valence-corrected chi connectivity index (χ2v) is 7.31. The summed E-state index contributed by atoms with van der Waals surface area (Å²) in [6.45, 7) is 1.46. The molecular formula is C21H23FN4O2. The Morgan fingerprint density at radius 2 is 1.93 bits per heavy atom. The van der Waals surface area contributed by atoms with Crippen molar-refractivity contribution in [1.82, 2.24) is 19.7 Å². The minimum absolute atomic E-state index is 0.0420. The molecule has 0 spiro atoms. The highest BCUT2D eigenvalue weighted by Gasteiger charge is 2.36. The molecule has 0 aliphatic carbocycles. The number of amides is 1. The number of nitrogens with zero attached hydrogens (tertiary/aromatic N) is 4. The van der Waals surface area contributed by atoms with E-state index in [0.29, 0.717) is 19.5 Å². The minimum atomic E-state index is -0.322. The SMILES string of the molecule is COC1(Cc2ccc(F)cc2)CCN(C(=O)Cn2ncc3ccncc32)CC1. The van der Waals surface area contributed by atoms with Crippen LogP contribution in [0.15, 0.2) is 48.9 Å². The van der Waals surface area contributed by atoms with Gasteiger partial charge >= 0.3 is 0 Å². The number of carbonyl (C=O) groups excluding carboxylic acids is 1. The third kappa shape index (κ3) is 3.75. The molecule has 6 nitrogen and oxygen atoms in total. The molecule has 1 aliphatic heterocycles. The van der Waals surface area contributed by atoms with Crippen molar-refractivity contribution >= 4 is 16.8 Å². The number of benzene rings is 1. The first-order valence-corrected chi connectivity index (χ1v) is 9.41. The number of halogens is 1. The Kier molecular flexibility index (Phi) is 5.09. The largest absolute Gasteiger partial charge is 0.378 e. The van der Waals surface area contributed by atoms with Crippen LogP contribution in [0, 0.1) is 5.82 Å². The predicted molar refractivity (Wildman–Crippen MR) is 103 cm³/mol. The molecule has 0 unspecified atom stereocenters. The van der Waals surface area contributed by atoms with Crippen LogP contribution in [-0.2, 0) is 22.5 Å². The van der Waals surface area contributed by atoms with Gasteiger partial charge in [0.05, 0.1) is 23.5 Å². The maximum absolute atomic E-state index is 13.1. The molecule has 1 aliphatic rings. The normalized spacial score (nSPS) is 16.4. The van der Waals surface area contributed by atoms with Crippen molar-refractivity contribution in [2.24, 2.45) is 0 Å². The van der Waals surface area contributed by atoms with E-state index in [2.05, 4.69) is 10.1 Å². The van der Waals surface area contributed by atoms with Crippen molar-refractivity contribution in [3.05, 3.63) is 60.3 Å². The number of rotatable bonds is 5. The lowest BCUT2D eigenvalue weighted by molar-refractivity contribution is -0.137. The first-order chi connectivity index (χ1) is 13.6. The van der Waals surface area contributed by atoms with Crippen LogP contribution >= 0.6 is 0 Å². The minimum Gasteiger partial charge on any atom is -0.378 e. The van der Waals surface area contributed by atoms with Crippen LogP contribution in [0.5, 0.6) is 0 Å². The van der Waals surface area contributed by atoms with Crippen molar-refractivity contribution in [2.45, 2.75) is 31.4 Å². The zero-order valence-corrected chi connectivity index (χ0v) is 15.8. The first kappa shape index (κ1) is 18.6. The van der Waals surface area contributed by atoms with Gasteiger partial charge in [-0.1, -0.05) is 12.1 Å². The van der Waals surface area contributed by atoms with E-state index in [1.807, 2.05) is 11.0 Å². The highest BCUT2D eigenvalue weighted by atomic mass is 19.1. The van der Waals surface area contributed by atoms with Crippen LogP contribution in [0.25, 0.3) is 10.9 Å². The van der Waals surface area contributed by atoms with Gasteiger partial charge in [0, 0.05) is 38.2 Å². The highest BCUT2D eigenvalue weighted by Crippen LogP contribution is 2.30. The maximum Gasteiger partial charge on any atom is 0.244 e. The van der Waals surface area contributed by atoms with Crippen molar-refractivity contribution in [3.8, 4) is 0 Å². The van der Waals surface area contributed by atoms with E-state index in [0.717, 1.165) is 29.3 Å². The molecule has 3 heterocycles. The van der Waals surface area contributed by atoms with Crippen LogP contribution < -0.4 is 0 Å². The fourth-order valence-electron chi connectivity index (χ4n) is 3.86. The van der Waals surface area contributed by atoms with Gasteiger partial charge in [0.25, 0.3) is 0 Å². The average molecular weight is 382 g/mol. The quantitative estimate of drug-likeness (QED) is 0.681. The summed E-state index contributed by atoms with van der Waals surface area (Å²) in [5.41, 5.74) is 1.57. The summed E-state index contributed by atoms with van der Waals surface area (Å²) in [5, 5.41) is 5.28. The summed E-state index contributed by atoms with van der Waals surface area (Å²) in [7, 11) is 1.71. The van der Waals surface area contributed by atoms with Gasteiger partial charge in [-0.15, -0.1) is 0 Å². The monoisotopic (exact) mass is 382 g/mol. The summed E-state index contributed by atoms with van der Waals surface area (Å²) < 4.78 is 20.7. The summed E-state index contributed by atoms with van der Waals surface area (Å²) in [6.07, 6.45) is 7.39. The number of carbonyl (C=O) groups is 1. The number of aromatic nitrogens is 3. The van der Waals surface area contributed by atoms with E-state index >= 15 is 0 Å². The zero-order valence-electron chi connectivity index (χ0n) is 15.8. The van der Waals surface area contributed by atoms with Gasteiger partial charge in [0.1, 0.15) is 12.4 Å². The van der Waals surface area contributed by atoms with E-state index in [9.17, 15) is 9.18 Å². The van der Waals surface area contributed by atoms with Gasteiger partial charge in [-0.2, -0.15) is 5.10 Å². The Bertz CT molecular complexity index is 962. The van der Waals surface area contributed by atoms with E-state index in [4.69, 9.17) is 4.74 Å². The predicted octanol–water partition coefficient (Wildman–Crippen LogP) is 2.82. The molecule has 0 atom stereocenters. The van der Waals surface area contributed by atoms with E-state index in [-0.39, 0.29) is 23.9 Å². The fourth-order valence-corrected chi connectivity index (χ4v) is 3.86. The summed E-state index contributed by atoms with van der Waals surface area (Å²) in [5.74, 6) is -0.197. The number of piperidine rings is 1. The third-order valence-electron chi connectivity index (χ3n) is 5.63. The molecule has 4 rings (SSSR count). The van der Waals surface area contributed by atoms with Gasteiger partial charge < -0.3 is 9.64 Å². The molecule has 7 heteroatoms. The second kappa shape index (κ2) is 7.67. The van der Waals surface area contributed by atoms with Crippen molar-refractivity contribution in [2.75, 3.05) is 20.2 Å². The van der Waals surface area contributed by atoms with E-state index < -0.39 is 0 Å². The van der Waals surface area contributed by atoms with Gasteiger partial charge in [-0.3, -0.25) is 14.5 Å². The lowest BCUT2D eigenvalue weighted by Crippen LogP contribution is -2.49. The van der Waals surface area contributed by atoms with Crippen molar-refractivity contribution in [1.29, 1.82) is 0 Å². The zero-order chi connectivity index (χ0) is 19.6. The molecular weight excluding hydrogens is 359 g/mol. The number of fused-ring (bicyclic) bond motifs is 1. The van der Waals surface area contributed by atoms with Crippen molar-refractivity contribution < 1.29 is 13.9 Å². The smallest absolute Gasteiger partial charge is 0.244 e. The molecule has 0 saturated carbocycles. The van der Waals surface area contributed by atoms with Gasteiger partial charge in [-0.05, 0) is 36.6 Å².